The van der Waals surface area contributed by atoms with E-state index in [4.69, 9.17) is 0 Å². The second-order valence-corrected chi connectivity index (χ2v) is 10.2. The van der Waals surface area contributed by atoms with Crippen LogP contribution in [0.4, 0.5) is 14.6 Å². The van der Waals surface area contributed by atoms with E-state index in [1.807, 2.05) is 6.92 Å². The minimum absolute atomic E-state index is 0.0819. The first-order valence-electron chi connectivity index (χ1n) is 13.1. The second kappa shape index (κ2) is 11.7. The number of rotatable bonds is 8. The number of nitrogens with one attached hydrogen (secondary N) is 3. The van der Waals surface area contributed by atoms with Gasteiger partial charge in [-0.3, -0.25) is 14.4 Å². The first kappa shape index (κ1) is 27.6. The summed E-state index contributed by atoms with van der Waals surface area (Å²) in [5, 5.41) is 12.7. The maximum atomic E-state index is 13.2. The van der Waals surface area contributed by atoms with Crippen LogP contribution in [0.5, 0.6) is 0 Å². The maximum absolute atomic E-state index is 13.2. The van der Waals surface area contributed by atoms with Gasteiger partial charge in [-0.25, -0.2) is 13.8 Å². The average Bonchev–Trinajstić information content (AvgIpc) is 3.46. The van der Waals surface area contributed by atoms with E-state index in [0.29, 0.717) is 30.5 Å². The molecule has 1 unspecified atom stereocenters. The molecule has 4 aromatic rings. The molecular formula is C30H28F2N6O3. The third kappa shape index (κ3) is 6.46. The summed E-state index contributed by atoms with van der Waals surface area (Å²) in [6.45, 7) is 2.31. The first-order chi connectivity index (χ1) is 19.7. The summed E-state index contributed by atoms with van der Waals surface area (Å²) >= 11 is 0. The van der Waals surface area contributed by atoms with Gasteiger partial charge in [-0.2, -0.15) is 9.61 Å². The molecule has 5 rings (SSSR count). The number of nitrogens with zero attached hydrogens (tertiary/aromatic N) is 3. The van der Waals surface area contributed by atoms with Crippen LogP contribution in [-0.4, -0.2) is 32.3 Å². The maximum Gasteiger partial charge on any atom is 0.270 e. The van der Waals surface area contributed by atoms with Crippen molar-refractivity contribution in [3.63, 3.8) is 0 Å². The number of halogens is 2. The predicted molar refractivity (Wildman–Crippen MR) is 147 cm³/mol. The smallest absolute Gasteiger partial charge is 0.270 e. The third-order valence-electron chi connectivity index (χ3n) is 7.15. The van der Waals surface area contributed by atoms with E-state index in [1.54, 1.807) is 36.4 Å². The standard InChI is InChI=1S/C30H28F2N6O3/c1-30(29(41)34-18-20-4-8-23(32)9-5-20)13-10-21(11-14-30)27(39)37-26-16-24(36-25-12-15-35-38(25)26)28(40)33-17-19-2-6-22(31)7-3-19/h2-10,12,15-16H,11,13-14,17-18H2,1H3,(H,33,40)(H,34,41)(H,37,39). The molecule has 1 atom stereocenters. The molecule has 11 heteroatoms. The van der Waals surface area contributed by atoms with Crippen LogP contribution >= 0.6 is 0 Å². The Balaban J connectivity index is 1.23. The van der Waals surface area contributed by atoms with Crippen molar-refractivity contribution in [2.75, 3.05) is 5.32 Å². The summed E-state index contributed by atoms with van der Waals surface area (Å²) in [4.78, 5) is 43.2. The molecule has 0 radical (unpaired) electrons. The third-order valence-corrected chi connectivity index (χ3v) is 7.15. The van der Waals surface area contributed by atoms with E-state index in [0.717, 1.165) is 11.1 Å². The molecule has 0 aliphatic heterocycles. The molecule has 2 heterocycles. The highest BCUT2D eigenvalue weighted by Gasteiger charge is 2.35. The number of carbonyl (C=O) groups is 3. The lowest BCUT2D eigenvalue weighted by atomic mass is 9.75. The van der Waals surface area contributed by atoms with Gasteiger partial charge in [0.1, 0.15) is 23.1 Å². The Bertz CT molecular complexity index is 1630. The molecule has 210 valence electrons. The summed E-state index contributed by atoms with van der Waals surface area (Å²) < 4.78 is 27.7. The molecular weight excluding hydrogens is 530 g/mol. The molecule has 3 amide bonds. The summed E-state index contributed by atoms with van der Waals surface area (Å²) in [5.41, 5.74) is 1.80. The van der Waals surface area contributed by atoms with Crippen LogP contribution in [0.1, 0.15) is 47.8 Å². The predicted octanol–water partition coefficient (Wildman–Crippen LogP) is 4.31. The zero-order valence-corrected chi connectivity index (χ0v) is 22.3. The van der Waals surface area contributed by atoms with E-state index in [1.165, 1.54) is 41.0 Å². The van der Waals surface area contributed by atoms with E-state index in [9.17, 15) is 23.2 Å². The van der Waals surface area contributed by atoms with Crippen LogP contribution in [0.2, 0.25) is 0 Å². The molecule has 0 spiro atoms. The Morgan fingerprint density at radius 1 is 0.902 bits per heavy atom. The number of hydrogen-bond donors (Lipinski definition) is 3. The molecule has 0 saturated heterocycles. The van der Waals surface area contributed by atoms with Crippen molar-refractivity contribution in [3.05, 3.63) is 107 Å². The Hall–Kier alpha value is -4.93. The van der Waals surface area contributed by atoms with Gasteiger partial charge >= 0.3 is 0 Å². The van der Waals surface area contributed by atoms with Crippen molar-refractivity contribution >= 4 is 29.2 Å². The fourth-order valence-corrected chi connectivity index (χ4v) is 4.56. The highest BCUT2D eigenvalue weighted by atomic mass is 19.1. The van der Waals surface area contributed by atoms with Crippen LogP contribution in [0.25, 0.3) is 5.65 Å². The molecule has 41 heavy (non-hydrogen) atoms. The average molecular weight is 559 g/mol. The van der Waals surface area contributed by atoms with Crippen molar-refractivity contribution in [1.29, 1.82) is 0 Å². The van der Waals surface area contributed by atoms with Crippen LogP contribution < -0.4 is 16.0 Å². The fourth-order valence-electron chi connectivity index (χ4n) is 4.56. The monoisotopic (exact) mass is 558 g/mol. The number of aromatic nitrogens is 3. The first-order valence-corrected chi connectivity index (χ1v) is 13.1. The zero-order valence-electron chi connectivity index (χ0n) is 22.3. The van der Waals surface area contributed by atoms with Gasteiger partial charge < -0.3 is 16.0 Å². The van der Waals surface area contributed by atoms with Crippen LogP contribution in [-0.2, 0) is 22.7 Å². The number of allylic oxidation sites excluding steroid dienone is 1. The Morgan fingerprint density at radius 2 is 1.54 bits per heavy atom. The lowest BCUT2D eigenvalue weighted by Gasteiger charge is -2.31. The summed E-state index contributed by atoms with van der Waals surface area (Å²) in [6, 6.07) is 14.8. The highest BCUT2D eigenvalue weighted by Crippen LogP contribution is 2.35. The minimum atomic E-state index is -0.689. The Labute approximate surface area is 234 Å². The highest BCUT2D eigenvalue weighted by molar-refractivity contribution is 6.04. The van der Waals surface area contributed by atoms with Gasteiger partial charge in [0.2, 0.25) is 5.91 Å². The van der Waals surface area contributed by atoms with Crippen molar-refractivity contribution in [2.24, 2.45) is 5.41 Å². The van der Waals surface area contributed by atoms with Gasteiger partial charge in [-0.05, 0) is 54.7 Å². The summed E-state index contributed by atoms with van der Waals surface area (Å²) in [5.74, 6) is -1.40. The Kier molecular flexibility index (Phi) is 7.86. The Morgan fingerprint density at radius 3 is 2.15 bits per heavy atom. The van der Waals surface area contributed by atoms with Gasteiger partial charge in [-0.15, -0.1) is 0 Å². The molecule has 1 aliphatic rings. The van der Waals surface area contributed by atoms with Gasteiger partial charge in [0.25, 0.3) is 11.8 Å². The normalized spacial score (nSPS) is 16.6. The quantitative estimate of drug-likeness (QED) is 0.298. The number of anilines is 1. The molecule has 1 aliphatic carbocycles. The number of amides is 3. The molecule has 0 fully saturated rings. The fraction of sp³-hybridized carbons (Fsp3) is 0.233. The molecule has 9 nitrogen and oxygen atoms in total. The van der Waals surface area contributed by atoms with Crippen LogP contribution in [0.3, 0.4) is 0 Å². The van der Waals surface area contributed by atoms with Crippen molar-refractivity contribution in [3.8, 4) is 0 Å². The van der Waals surface area contributed by atoms with E-state index in [2.05, 4.69) is 26.0 Å². The molecule has 3 N–H and O–H groups in total. The summed E-state index contributed by atoms with van der Waals surface area (Å²) in [7, 11) is 0. The second-order valence-electron chi connectivity index (χ2n) is 10.2. The SMILES string of the molecule is CC1(C(=O)NCc2ccc(F)cc2)CC=C(C(=O)Nc2cc(C(=O)NCc3ccc(F)cc3)nc3ccnn23)CC1. The lowest BCUT2D eigenvalue weighted by molar-refractivity contribution is -0.131. The van der Waals surface area contributed by atoms with E-state index < -0.39 is 11.3 Å². The molecule has 0 bridgehead atoms. The number of benzene rings is 2. The topological polar surface area (TPSA) is 117 Å². The molecule has 0 saturated carbocycles. The number of carbonyl (C=O) groups excluding carboxylic acids is 3. The van der Waals surface area contributed by atoms with Gasteiger partial charge in [-0.1, -0.05) is 37.3 Å². The van der Waals surface area contributed by atoms with Gasteiger partial charge in [0, 0.05) is 30.8 Å². The minimum Gasteiger partial charge on any atom is -0.352 e. The van der Waals surface area contributed by atoms with Crippen LogP contribution in [0.15, 0.2) is 78.5 Å². The van der Waals surface area contributed by atoms with Gasteiger partial charge in [0.15, 0.2) is 5.65 Å². The zero-order chi connectivity index (χ0) is 29.0. The molecule has 2 aromatic carbocycles. The number of hydrogen-bond acceptors (Lipinski definition) is 5. The molecule has 2 aromatic heterocycles. The van der Waals surface area contributed by atoms with Gasteiger partial charge in [0.05, 0.1) is 11.6 Å². The largest absolute Gasteiger partial charge is 0.352 e. The van der Waals surface area contributed by atoms with E-state index >= 15 is 0 Å². The van der Waals surface area contributed by atoms with E-state index in [-0.39, 0.29) is 48.1 Å². The van der Waals surface area contributed by atoms with Crippen molar-refractivity contribution in [2.45, 2.75) is 39.3 Å². The lowest BCUT2D eigenvalue weighted by Crippen LogP contribution is -2.40. The summed E-state index contributed by atoms with van der Waals surface area (Å²) in [6.07, 6.45) is 4.48. The number of fused-ring (bicyclic) bond motifs is 1. The van der Waals surface area contributed by atoms with Crippen molar-refractivity contribution < 1.29 is 23.2 Å². The van der Waals surface area contributed by atoms with Crippen molar-refractivity contribution in [1.82, 2.24) is 25.2 Å². The van der Waals surface area contributed by atoms with Crippen LogP contribution in [0, 0.1) is 17.0 Å².